The first kappa shape index (κ1) is 17.4. The molecule has 0 saturated carbocycles. The lowest BCUT2D eigenvalue weighted by Gasteiger charge is -2.10. The van der Waals surface area contributed by atoms with Crippen LogP contribution >= 0.6 is 0 Å². The summed E-state index contributed by atoms with van der Waals surface area (Å²) in [6.07, 6.45) is 1.71. The molecular weight excluding hydrogens is 326 g/mol. The number of hydrogen-bond donors (Lipinski definition) is 3. The maximum atomic E-state index is 11.1. The lowest BCUT2D eigenvalue weighted by molar-refractivity contribution is -0.114. The van der Waals surface area contributed by atoms with Crippen molar-refractivity contribution in [1.82, 2.24) is 9.97 Å². The molecule has 132 valence electrons. The Labute approximate surface area is 152 Å². The average Bonchev–Trinajstić information content (AvgIpc) is 2.63. The molecular formula is C20H21N5O. The zero-order chi connectivity index (χ0) is 18.4. The molecule has 3 rings (SSSR count). The van der Waals surface area contributed by atoms with Crippen molar-refractivity contribution in [1.29, 1.82) is 0 Å². The zero-order valence-electron chi connectivity index (χ0n) is 14.8. The number of carbonyl (C=O) groups is 1. The van der Waals surface area contributed by atoms with E-state index < -0.39 is 0 Å². The summed E-state index contributed by atoms with van der Waals surface area (Å²) in [5, 5.41) is 9.21. The minimum Gasteiger partial charge on any atom is -0.366 e. The first-order valence-corrected chi connectivity index (χ1v) is 8.36. The fourth-order valence-corrected chi connectivity index (χ4v) is 2.48. The number of nitrogens with one attached hydrogen (secondary N) is 3. The number of amides is 1. The molecule has 2 aromatic carbocycles. The molecule has 0 aliphatic carbocycles. The highest BCUT2D eigenvalue weighted by molar-refractivity contribution is 5.88. The van der Waals surface area contributed by atoms with Gasteiger partial charge in [-0.25, -0.2) is 4.98 Å². The third-order valence-corrected chi connectivity index (χ3v) is 3.84. The second-order valence-electron chi connectivity index (χ2n) is 5.93. The van der Waals surface area contributed by atoms with E-state index in [1.807, 2.05) is 42.5 Å². The lowest BCUT2D eigenvalue weighted by atomic mass is 10.1. The highest BCUT2D eigenvalue weighted by Crippen LogP contribution is 2.18. The standard InChI is InChI=1S/C20H21N5O/c1-14-5-3-4-6-16(14)13-22-19-11-12-21-20(25-19)24-18-9-7-17(8-10-18)23-15(2)26/h3-12H,13H2,1-2H3,(H,23,26)(H2,21,22,24,25). The molecule has 26 heavy (non-hydrogen) atoms. The summed E-state index contributed by atoms with van der Waals surface area (Å²) in [6.45, 7) is 4.28. The van der Waals surface area contributed by atoms with E-state index in [0.29, 0.717) is 12.5 Å². The Morgan fingerprint density at radius 3 is 2.46 bits per heavy atom. The van der Waals surface area contributed by atoms with E-state index in [4.69, 9.17) is 0 Å². The Bertz CT molecular complexity index is 893. The molecule has 0 saturated heterocycles. The van der Waals surface area contributed by atoms with Crippen molar-refractivity contribution in [2.75, 3.05) is 16.0 Å². The number of carbonyl (C=O) groups excluding carboxylic acids is 1. The van der Waals surface area contributed by atoms with Gasteiger partial charge in [-0.2, -0.15) is 4.98 Å². The van der Waals surface area contributed by atoms with Gasteiger partial charge in [0.2, 0.25) is 11.9 Å². The molecule has 1 aromatic heterocycles. The zero-order valence-corrected chi connectivity index (χ0v) is 14.8. The topological polar surface area (TPSA) is 78.9 Å². The van der Waals surface area contributed by atoms with Crippen molar-refractivity contribution < 1.29 is 4.79 Å². The smallest absolute Gasteiger partial charge is 0.229 e. The SMILES string of the molecule is CC(=O)Nc1ccc(Nc2nccc(NCc3ccccc3C)n2)cc1. The Hall–Kier alpha value is -3.41. The number of hydrogen-bond acceptors (Lipinski definition) is 5. The average molecular weight is 347 g/mol. The Morgan fingerprint density at radius 1 is 1.00 bits per heavy atom. The largest absolute Gasteiger partial charge is 0.366 e. The van der Waals surface area contributed by atoms with Gasteiger partial charge < -0.3 is 16.0 Å². The van der Waals surface area contributed by atoms with E-state index >= 15 is 0 Å². The summed E-state index contributed by atoms with van der Waals surface area (Å²) >= 11 is 0. The van der Waals surface area contributed by atoms with Crippen LogP contribution in [0.3, 0.4) is 0 Å². The van der Waals surface area contributed by atoms with Gasteiger partial charge in [0.15, 0.2) is 0 Å². The van der Waals surface area contributed by atoms with Crippen LogP contribution in [0.1, 0.15) is 18.1 Å². The van der Waals surface area contributed by atoms with Gasteiger partial charge in [-0.05, 0) is 48.4 Å². The van der Waals surface area contributed by atoms with E-state index in [1.165, 1.54) is 18.1 Å². The van der Waals surface area contributed by atoms with Crippen LogP contribution in [0.5, 0.6) is 0 Å². The van der Waals surface area contributed by atoms with Gasteiger partial charge >= 0.3 is 0 Å². The highest BCUT2D eigenvalue weighted by Gasteiger charge is 2.02. The number of aromatic nitrogens is 2. The first-order chi connectivity index (χ1) is 12.6. The molecule has 0 aliphatic rings. The van der Waals surface area contributed by atoms with E-state index in [9.17, 15) is 4.79 Å². The van der Waals surface area contributed by atoms with Crippen molar-refractivity contribution in [2.24, 2.45) is 0 Å². The van der Waals surface area contributed by atoms with Gasteiger partial charge in [-0.1, -0.05) is 24.3 Å². The van der Waals surface area contributed by atoms with Gasteiger partial charge in [0.1, 0.15) is 5.82 Å². The summed E-state index contributed by atoms with van der Waals surface area (Å²) in [6, 6.07) is 17.5. The molecule has 0 spiro atoms. The van der Waals surface area contributed by atoms with Crippen LogP contribution in [-0.4, -0.2) is 15.9 Å². The minimum atomic E-state index is -0.0959. The highest BCUT2D eigenvalue weighted by atomic mass is 16.1. The maximum Gasteiger partial charge on any atom is 0.229 e. The second-order valence-corrected chi connectivity index (χ2v) is 5.93. The Morgan fingerprint density at radius 2 is 1.73 bits per heavy atom. The first-order valence-electron chi connectivity index (χ1n) is 8.36. The van der Waals surface area contributed by atoms with Crippen LogP contribution in [0.15, 0.2) is 60.8 Å². The van der Waals surface area contributed by atoms with E-state index in [-0.39, 0.29) is 5.91 Å². The fourth-order valence-electron chi connectivity index (χ4n) is 2.48. The predicted octanol–water partition coefficient (Wildman–Crippen LogP) is 4.10. The molecule has 6 nitrogen and oxygen atoms in total. The Balaban J connectivity index is 1.63. The summed E-state index contributed by atoms with van der Waals surface area (Å²) in [4.78, 5) is 19.8. The van der Waals surface area contributed by atoms with Crippen molar-refractivity contribution in [3.8, 4) is 0 Å². The third kappa shape index (κ3) is 4.80. The molecule has 0 fully saturated rings. The van der Waals surface area contributed by atoms with Crippen molar-refractivity contribution in [3.05, 3.63) is 71.9 Å². The number of benzene rings is 2. The predicted molar refractivity (Wildman–Crippen MR) is 105 cm³/mol. The van der Waals surface area contributed by atoms with Crippen LogP contribution in [0.4, 0.5) is 23.1 Å². The van der Waals surface area contributed by atoms with Crippen LogP contribution in [0, 0.1) is 6.92 Å². The molecule has 1 heterocycles. The van der Waals surface area contributed by atoms with Gasteiger partial charge in [0.25, 0.3) is 0 Å². The van der Waals surface area contributed by atoms with Crippen LogP contribution in [0.2, 0.25) is 0 Å². The maximum absolute atomic E-state index is 11.1. The number of aryl methyl sites for hydroxylation is 1. The summed E-state index contributed by atoms with van der Waals surface area (Å²) < 4.78 is 0. The molecule has 3 aromatic rings. The number of nitrogens with zero attached hydrogens (tertiary/aromatic N) is 2. The lowest BCUT2D eigenvalue weighted by Crippen LogP contribution is -2.06. The van der Waals surface area contributed by atoms with Crippen molar-refractivity contribution in [2.45, 2.75) is 20.4 Å². The van der Waals surface area contributed by atoms with E-state index in [0.717, 1.165) is 17.2 Å². The van der Waals surface area contributed by atoms with Gasteiger partial charge in [0, 0.05) is 31.0 Å². The molecule has 0 atom stereocenters. The molecule has 6 heteroatoms. The summed E-state index contributed by atoms with van der Waals surface area (Å²) in [5.74, 6) is 1.16. The van der Waals surface area contributed by atoms with Gasteiger partial charge in [-0.15, -0.1) is 0 Å². The van der Waals surface area contributed by atoms with Crippen LogP contribution in [-0.2, 0) is 11.3 Å². The van der Waals surface area contributed by atoms with Gasteiger partial charge in [0.05, 0.1) is 0 Å². The molecule has 0 bridgehead atoms. The monoisotopic (exact) mass is 347 g/mol. The number of anilines is 4. The fraction of sp³-hybridized carbons (Fsp3) is 0.150. The third-order valence-electron chi connectivity index (χ3n) is 3.84. The quantitative estimate of drug-likeness (QED) is 0.626. The van der Waals surface area contributed by atoms with E-state index in [2.05, 4.69) is 45.0 Å². The van der Waals surface area contributed by atoms with Crippen LogP contribution < -0.4 is 16.0 Å². The molecule has 0 radical (unpaired) electrons. The van der Waals surface area contributed by atoms with Crippen molar-refractivity contribution >= 4 is 29.0 Å². The molecule has 3 N–H and O–H groups in total. The minimum absolute atomic E-state index is 0.0959. The second kappa shape index (κ2) is 8.11. The summed E-state index contributed by atoms with van der Waals surface area (Å²) in [5.41, 5.74) is 4.06. The molecule has 0 unspecified atom stereocenters. The van der Waals surface area contributed by atoms with Crippen LogP contribution in [0.25, 0.3) is 0 Å². The molecule has 0 aliphatic heterocycles. The van der Waals surface area contributed by atoms with Crippen molar-refractivity contribution in [3.63, 3.8) is 0 Å². The summed E-state index contributed by atoms with van der Waals surface area (Å²) in [7, 11) is 0. The Kier molecular flexibility index (Phi) is 5.43. The molecule has 1 amide bonds. The number of rotatable bonds is 6. The van der Waals surface area contributed by atoms with Gasteiger partial charge in [-0.3, -0.25) is 4.79 Å². The van der Waals surface area contributed by atoms with E-state index in [1.54, 1.807) is 6.20 Å². The normalized spacial score (nSPS) is 10.2.